The Kier molecular flexibility index (Phi) is 8.01. The molecule has 1 aromatic carbocycles. The maximum atomic E-state index is 14.1. The molecule has 0 unspecified atom stereocenters. The van der Waals surface area contributed by atoms with Gasteiger partial charge in [-0.25, -0.2) is 27.8 Å². The van der Waals surface area contributed by atoms with Crippen molar-refractivity contribution >= 4 is 32.6 Å². The zero-order valence-electron chi connectivity index (χ0n) is 20.0. The van der Waals surface area contributed by atoms with Crippen molar-refractivity contribution in [1.82, 2.24) is 15.0 Å². The zero-order chi connectivity index (χ0) is 25.7. The van der Waals surface area contributed by atoms with Crippen molar-refractivity contribution in [1.29, 1.82) is 0 Å². The summed E-state index contributed by atoms with van der Waals surface area (Å²) in [5.41, 5.74) is 0.941. The van der Waals surface area contributed by atoms with E-state index >= 15 is 0 Å². The van der Waals surface area contributed by atoms with Gasteiger partial charge in [-0.1, -0.05) is 0 Å². The molecule has 0 radical (unpaired) electrons. The van der Waals surface area contributed by atoms with Gasteiger partial charge in [0.2, 0.25) is 21.9 Å². The quantitative estimate of drug-likeness (QED) is 0.515. The average molecular weight is 522 g/mol. The summed E-state index contributed by atoms with van der Waals surface area (Å²) in [6, 6.07) is 3.67. The number of phenols is 1. The number of phenolic OH excluding ortho intramolecular Hbond substituents is 1. The summed E-state index contributed by atoms with van der Waals surface area (Å²) >= 11 is 0. The first-order valence-electron chi connectivity index (χ1n) is 11.4. The van der Waals surface area contributed by atoms with Crippen molar-refractivity contribution in [3.05, 3.63) is 30.2 Å². The van der Waals surface area contributed by atoms with E-state index < -0.39 is 15.8 Å². The van der Waals surface area contributed by atoms with Gasteiger partial charge < -0.3 is 24.2 Å². The SMILES string of the molecule is C1CCOC1.COc1ncc(-c2nc(N3CCOCC3)nc3c(O)cc(F)cc23)cc1NS(C)(=O)=O. The number of ether oxygens (including phenoxy) is 3. The number of hydrogen-bond donors (Lipinski definition) is 2. The van der Waals surface area contributed by atoms with E-state index in [9.17, 15) is 17.9 Å². The number of benzene rings is 1. The van der Waals surface area contributed by atoms with E-state index in [1.54, 1.807) is 0 Å². The van der Waals surface area contributed by atoms with Crippen LogP contribution in [0.15, 0.2) is 24.4 Å². The van der Waals surface area contributed by atoms with Crippen LogP contribution in [-0.2, 0) is 19.5 Å². The van der Waals surface area contributed by atoms with Crippen molar-refractivity contribution in [3.8, 4) is 22.9 Å². The minimum absolute atomic E-state index is 0.0648. The molecule has 2 aliphatic heterocycles. The Morgan fingerprint density at radius 3 is 2.39 bits per heavy atom. The Morgan fingerprint density at radius 1 is 1.08 bits per heavy atom. The van der Waals surface area contributed by atoms with Crippen LogP contribution in [0.3, 0.4) is 0 Å². The molecule has 2 N–H and O–H groups in total. The maximum Gasteiger partial charge on any atom is 0.238 e. The Bertz CT molecular complexity index is 1320. The molecule has 11 nitrogen and oxygen atoms in total. The van der Waals surface area contributed by atoms with Gasteiger partial charge in [0.25, 0.3) is 0 Å². The Hall–Kier alpha value is -3.29. The molecule has 2 aromatic heterocycles. The number of pyridine rings is 1. The van der Waals surface area contributed by atoms with Gasteiger partial charge in [0.1, 0.15) is 22.8 Å². The molecule has 4 heterocycles. The minimum Gasteiger partial charge on any atom is -0.506 e. The number of sulfonamides is 1. The molecule has 2 aliphatic rings. The second-order valence-corrected chi connectivity index (χ2v) is 10.0. The number of rotatable bonds is 5. The number of fused-ring (bicyclic) bond motifs is 1. The van der Waals surface area contributed by atoms with Crippen LogP contribution in [0.1, 0.15) is 12.8 Å². The second-order valence-electron chi connectivity index (χ2n) is 8.27. The molecular weight excluding hydrogens is 493 g/mol. The van der Waals surface area contributed by atoms with E-state index in [4.69, 9.17) is 14.2 Å². The number of nitrogens with zero attached hydrogens (tertiary/aromatic N) is 4. The smallest absolute Gasteiger partial charge is 0.238 e. The molecule has 0 spiro atoms. The summed E-state index contributed by atoms with van der Waals surface area (Å²) in [5.74, 6) is -0.592. The number of methoxy groups -OCH3 is 1. The van der Waals surface area contributed by atoms with Crippen molar-refractivity contribution in [2.45, 2.75) is 12.8 Å². The summed E-state index contributed by atoms with van der Waals surface area (Å²) in [6.07, 6.45) is 4.99. The van der Waals surface area contributed by atoms with Gasteiger partial charge in [0.05, 0.1) is 32.3 Å². The van der Waals surface area contributed by atoms with Gasteiger partial charge >= 0.3 is 0 Å². The molecule has 0 saturated carbocycles. The molecular formula is C23H28FN5O6S. The van der Waals surface area contributed by atoms with Gasteiger partial charge in [-0.3, -0.25) is 4.72 Å². The molecule has 5 rings (SSSR count). The third kappa shape index (κ3) is 6.28. The summed E-state index contributed by atoms with van der Waals surface area (Å²) < 4.78 is 55.4. The molecule has 0 amide bonds. The fraction of sp³-hybridized carbons (Fsp3) is 0.435. The van der Waals surface area contributed by atoms with E-state index in [0.29, 0.717) is 37.8 Å². The summed E-state index contributed by atoms with van der Waals surface area (Å²) in [7, 11) is -2.25. The number of halogens is 1. The summed E-state index contributed by atoms with van der Waals surface area (Å²) in [6.45, 7) is 4.10. The van der Waals surface area contributed by atoms with Crippen molar-refractivity contribution in [2.75, 3.05) is 62.5 Å². The first-order valence-corrected chi connectivity index (χ1v) is 13.3. The van der Waals surface area contributed by atoms with Crippen LogP contribution in [0, 0.1) is 5.82 Å². The highest BCUT2D eigenvalue weighted by atomic mass is 32.2. The van der Waals surface area contributed by atoms with Crippen molar-refractivity contribution in [2.24, 2.45) is 0 Å². The lowest BCUT2D eigenvalue weighted by atomic mass is 10.1. The zero-order valence-corrected chi connectivity index (χ0v) is 20.8. The number of aromatic nitrogens is 3. The van der Waals surface area contributed by atoms with Gasteiger partial charge in [-0.05, 0) is 25.0 Å². The van der Waals surface area contributed by atoms with Crippen LogP contribution in [0.2, 0.25) is 0 Å². The van der Waals surface area contributed by atoms with E-state index in [1.165, 1.54) is 38.3 Å². The molecule has 2 saturated heterocycles. The first kappa shape index (κ1) is 25.8. The molecule has 13 heteroatoms. The molecule has 0 atom stereocenters. The highest BCUT2D eigenvalue weighted by Gasteiger charge is 2.21. The highest BCUT2D eigenvalue weighted by molar-refractivity contribution is 7.92. The predicted molar refractivity (Wildman–Crippen MR) is 132 cm³/mol. The third-order valence-corrected chi connectivity index (χ3v) is 6.06. The number of nitrogens with one attached hydrogen (secondary N) is 1. The van der Waals surface area contributed by atoms with Gasteiger partial charge in [-0.15, -0.1) is 0 Å². The van der Waals surface area contributed by atoms with Crippen LogP contribution < -0.4 is 14.4 Å². The van der Waals surface area contributed by atoms with Gasteiger partial charge in [-0.2, -0.15) is 0 Å². The lowest BCUT2D eigenvalue weighted by Crippen LogP contribution is -2.37. The lowest BCUT2D eigenvalue weighted by Gasteiger charge is -2.27. The number of aromatic hydroxyl groups is 1. The van der Waals surface area contributed by atoms with E-state index in [0.717, 1.165) is 25.5 Å². The number of hydrogen-bond acceptors (Lipinski definition) is 10. The van der Waals surface area contributed by atoms with Gasteiger partial charge in [0, 0.05) is 49.5 Å². The third-order valence-electron chi connectivity index (χ3n) is 5.47. The second kappa shape index (κ2) is 11.2. The predicted octanol–water partition coefficient (Wildman–Crippen LogP) is 2.55. The normalized spacial score (nSPS) is 15.9. The fourth-order valence-corrected chi connectivity index (χ4v) is 4.37. The average Bonchev–Trinajstić information content (AvgIpc) is 3.43. The summed E-state index contributed by atoms with van der Waals surface area (Å²) in [4.78, 5) is 15.1. The minimum atomic E-state index is -3.61. The van der Waals surface area contributed by atoms with E-state index in [2.05, 4.69) is 19.7 Å². The van der Waals surface area contributed by atoms with E-state index in [1.807, 2.05) is 4.90 Å². The van der Waals surface area contributed by atoms with Gasteiger partial charge in [0.15, 0.2) is 0 Å². The largest absolute Gasteiger partial charge is 0.506 e. The molecule has 194 valence electrons. The molecule has 3 aromatic rings. The first-order chi connectivity index (χ1) is 17.2. The Morgan fingerprint density at radius 2 is 1.78 bits per heavy atom. The Labute approximate surface area is 208 Å². The van der Waals surface area contributed by atoms with E-state index in [-0.39, 0.29) is 33.9 Å². The van der Waals surface area contributed by atoms with Crippen molar-refractivity contribution in [3.63, 3.8) is 0 Å². The Balaban J connectivity index is 0.000000543. The van der Waals surface area contributed by atoms with Crippen LogP contribution in [0.4, 0.5) is 16.0 Å². The fourth-order valence-electron chi connectivity index (χ4n) is 3.82. The summed E-state index contributed by atoms with van der Waals surface area (Å²) in [5, 5.41) is 10.6. The molecule has 0 bridgehead atoms. The van der Waals surface area contributed by atoms with Crippen molar-refractivity contribution < 1.29 is 32.1 Å². The van der Waals surface area contributed by atoms with Crippen LogP contribution in [0.5, 0.6) is 11.6 Å². The molecule has 2 fully saturated rings. The lowest BCUT2D eigenvalue weighted by molar-refractivity contribution is 0.122. The van der Waals surface area contributed by atoms with Crippen LogP contribution in [0.25, 0.3) is 22.2 Å². The van der Waals surface area contributed by atoms with Crippen LogP contribution >= 0.6 is 0 Å². The molecule has 0 aliphatic carbocycles. The monoisotopic (exact) mass is 521 g/mol. The highest BCUT2D eigenvalue weighted by Crippen LogP contribution is 2.36. The number of morpholine rings is 1. The standard InChI is InChI=1S/C19H20FN5O5S.C4H8O/c1-29-18-14(24-31(2,27)28)7-11(10-21-18)16-13-8-12(20)9-15(26)17(13)23-19(22-16)25-3-5-30-6-4-25;1-2-4-5-3-1/h7-10,24,26H,3-6H2,1-2H3;1-4H2. The molecule has 36 heavy (non-hydrogen) atoms. The maximum absolute atomic E-state index is 14.1. The number of anilines is 2. The topological polar surface area (TPSA) is 136 Å². The van der Waals surface area contributed by atoms with Crippen LogP contribution in [-0.4, -0.2) is 81.4 Å².